The van der Waals surface area contributed by atoms with Crippen molar-refractivity contribution in [3.63, 3.8) is 0 Å². The van der Waals surface area contributed by atoms with E-state index in [4.69, 9.17) is 16.6 Å². The number of benzene rings is 1. The van der Waals surface area contributed by atoms with E-state index in [2.05, 4.69) is 58.8 Å². The molecule has 158 valence electrons. The van der Waals surface area contributed by atoms with Crippen molar-refractivity contribution in [3.8, 4) is 0 Å². The van der Waals surface area contributed by atoms with Crippen molar-refractivity contribution < 1.29 is 0 Å². The minimum atomic E-state index is 0.186. The van der Waals surface area contributed by atoms with Gasteiger partial charge in [-0.15, -0.1) is 0 Å². The standard InChI is InChI=1S/C21H32ClN7/c1-5-23-21(24-13-20(27(2)3)16-12-25-28(4)14-16)26-18-9-10-29(15-18)19-8-6-7-17(22)11-19/h6-8,11-12,14,18,20H,5,9-10,13,15H2,1-4H3,(H2,23,24,26). The number of halogens is 1. The molecule has 2 atom stereocenters. The number of rotatable bonds is 7. The smallest absolute Gasteiger partial charge is 0.191 e. The molecule has 1 aliphatic heterocycles. The monoisotopic (exact) mass is 417 g/mol. The van der Waals surface area contributed by atoms with Gasteiger partial charge in [0.25, 0.3) is 0 Å². The van der Waals surface area contributed by atoms with Gasteiger partial charge in [-0.1, -0.05) is 17.7 Å². The molecular weight excluding hydrogens is 386 g/mol. The highest BCUT2D eigenvalue weighted by Gasteiger charge is 2.24. The van der Waals surface area contributed by atoms with E-state index in [0.717, 1.165) is 37.0 Å². The zero-order valence-corrected chi connectivity index (χ0v) is 18.5. The summed E-state index contributed by atoms with van der Waals surface area (Å²) in [6.07, 6.45) is 5.04. The number of aryl methyl sites for hydroxylation is 1. The number of anilines is 1. The molecule has 2 heterocycles. The summed E-state index contributed by atoms with van der Waals surface area (Å²) in [5, 5.41) is 12.1. The first kappa shape index (κ1) is 21.5. The predicted molar refractivity (Wildman–Crippen MR) is 121 cm³/mol. The Hall–Kier alpha value is -2.25. The van der Waals surface area contributed by atoms with Crippen molar-refractivity contribution >= 4 is 23.2 Å². The second-order valence-electron chi connectivity index (χ2n) is 7.70. The maximum Gasteiger partial charge on any atom is 0.191 e. The summed E-state index contributed by atoms with van der Waals surface area (Å²) >= 11 is 6.15. The minimum Gasteiger partial charge on any atom is -0.369 e. The Morgan fingerprint density at radius 2 is 2.24 bits per heavy atom. The van der Waals surface area contributed by atoms with Crippen LogP contribution in [0.25, 0.3) is 0 Å². The van der Waals surface area contributed by atoms with E-state index in [0.29, 0.717) is 12.6 Å². The molecule has 1 aliphatic rings. The van der Waals surface area contributed by atoms with Crippen LogP contribution in [0, 0.1) is 0 Å². The summed E-state index contributed by atoms with van der Waals surface area (Å²) in [5.41, 5.74) is 2.35. The average molecular weight is 418 g/mol. The molecule has 0 spiro atoms. The fourth-order valence-corrected chi connectivity index (χ4v) is 3.84. The lowest BCUT2D eigenvalue weighted by atomic mass is 10.1. The Balaban J connectivity index is 1.63. The topological polar surface area (TPSA) is 60.7 Å². The van der Waals surface area contributed by atoms with Gasteiger partial charge in [0.15, 0.2) is 5.96 Å². The molecule has 29 heavy (non-hydrogen) atoms. The maximum absolute atomic E-state index is 6.15. The van der Waals surface area contributed by atoms with E-state index in [1.54, 1.807) is 0 Å². The molecule has 0 radical (unpaired) electrons. The van der Waals surface area contributed by atoms with E-state index in [1.807, 2.05) is 36.1 Å². The third-order valence-electron chi connectivity index (χ3n) is 5.20. The first-order chi connectivity index (χ1) is 14.0. The van der Waals surface area contributed by atoms with Crippen LogP contribution in [0.2, 0.25) is 5.02 Å². The summed E-state index contributed by atoms with van der Waals surface area (Å²) in [5.74, 6) is 0.862. The fourth-order valence-electron chi connectivity index (χ4n) is 3.66. The number of hydrogen-bond donors (Lipinski definition) is 2. The first-order valence-corrected chi connectivity index (χ1v) is 10.5. The molecule has 2 unspecified atom stereocenters. The van der Waals surface area contributed by atoms with Crippen molar-refractivity contribution in [1.29, 1.82) is 0 Å². The van der Waals surface area contributed by atoms with Crippen LogP contribution < -0.4 is 15.5 Å². The van der Waals surface area contributed by atoms with Gasteiger partial charge in [0.05, 0.1) is 18.8 Å². The van der Waals surface area contributed by atoms with Gasteiger partial charge in [-0.25, -0.2) is 0 Å². The molecule has 1 aromatic carbocycles. The van der Waals surface area contributed by atoms with E-state index in [9.17, 15) is 0 Å². The van der Waals surface area contributed by atoms with Gasteiger partial charge in [0, 0.05) is 55.2 Å². The Morgan fingerprint density at radius 3 is 2.90 bits per heavy atom. The summed E-state index contributed by atoms with van der Waals surface area (Å²) in [6, 6.07) is 8.59. The van der Waals surface area contributed by atoms with E-state index >= 15 is 0 Å². The number of hydrogen-bond acceptors (Lipinski definition) is 4. The summed E-state index contributed by atoms with van der Waals surface area (Å²) in [6.45, 7) is 5.53. The van der Waals surface area contributed by atoms with E-state index < -0.39 is 0 Å². The van der Waals surface area contributed by atoms with Crippen LogP contribution in [0.4, 0.5) is 5.69 Å². The van der Waals surface area contributed by atoms with Crippen molar-refractivity contribution in [3.05, 3.63) is 47.2 Å². The van der Waals surface area contributed by atoms with Gasteiger partial charge in [-0.2, -0.15) is 5.10 Å². The highest BCUT2D eigenvalue weighted by molar-refractivity contribution is 6.30. The first-order valence-electron chi connectivity index (χ1n) is 10.2. The SMILES string of the molecule is CCNC(=NCC(c1cnn(C)c1)N(C)C)NC1CCN(c2cccc(Cl)c2)C1. The lowest BCUT2D eigenvalue weighted by Crippen LogP contribution is -2.45. The van der Waals surface area contributed by atoms with Crippen LogP contribution >= 0.6 is 11.6 Å². The molecule has 2 N–H and O–H groups in total. The molecule has 0 bridgehead atoms. The molecule has 1 saturated heterocycles. The van der Waals surface area contributed by atoms with Gasteiger partial charge in [0.2, 0.25) is 0 Å². The molecule has 0 amide bonds. The molecule has 1 aromatic heterocycles. The summed E-state index contributed by atoms with van der Waals surface area (Å²) < 4.78 is 1.84. The summed E-state index contributed by atoms with van der Waals surface area (Å²) in [4.78, 5) is 9.42. The number of guanidine groups is 1. The number of aliphatic imine (C=N–C) groups is 1. The molecule has 0 aliphatic carbocycles. The highest BCUT2D eigenvalue weighted by atomic mass is 35.5. The summed E-state index contributed by atoms with van der Waals surface area (Å²) in [7, 11) is 6.09. The Kier molecular flexibility index (Phi) is 7.39. The van der Waals surface area contributed by atoms with Crippen LogP contribution in [0.3, 0.4) is 0 Å². The Bertz CT molecular complexity index is 817. The molecule has 2 aromatic rings. The second-order valence-corrected chi connectivity index (χ2v) is 8.14. The number of aromatic nitrogens is 2. The molecule has 0 saturated carbocycles. The number of nitrogens with one attached hydrogen (secondary N) is 2. The molecule has 8 heteroatoms. The van der Waals surface area contributed by atoms with Crippen molar-refractivity contribution in [2.24, 2.45) is 12.0 Å². The Morgan fingerprint density at radius 1 is 1.41 bits per heavy atom. The van der Waals surface area contributed by atoms with Gasteiger partial charge < -0.3 is 20.4 Å². The van der Waals surface area contributed by atoms with Gasteiger partial charge in [-0.05, 0) is 45.6 Å². The number of nitrogens with zero attached hydrogens (tertiary/aromatic N) is 5. The number of likely N-dealkylation sites (N-methyl/N-ethyl adjacent to an activating group) is 1. The third kappa shape index (κ3) is 5.87. The molecule has 7 nitrogen and oxygen atoms in total. The van der Waals surface area contributed by atoms with E-state index in [-0.39, 0.29) is 6.04 Å². The average Bonchev–Trinajstić information content (AvgIpc) is 3.31. The van der Waals surface area contributed by atoms with Crippen molar-refractivity contribution in [2.45, 2.75) is 25.4 Å². The fraction of sp³-hybridized carbons (Fsp3) is 0.524. The second kappa shape index (κ2) is 9.98. The highest BCUT2D eigenvalue weighted by Crippen LogP contribution is 2.23. The third-order valence-corrected chi connectivity index (χ3v) is 5.44. The van der Waals surface area contributed by atoms with Gasteiger partial charge in [-0.3, -0.25) is 9.67 Å². The van der Waals surface area contributed by atoms with Crippen LogP contribution in [0.5, 0.6) is 0 Å². The zero-order valence-electron chi connectivity index (χ0n) is 17.8. The van der Waals surface area contributed by atoms with E-state index in [1.165, 1.54) is 11.3 Å². The van der Waals surface area contributed by atoms with Crippen LogP contribution in [0.15, 0.2) is 41.7 Å². The van der Waals surface area contributed by atoms with Crippen LogP contribution in [-0.4, -0.2) is 67.0 Å². The van der Waals surface area contributed by atoms with Crippen LogP contribution in [0.1, 0.15) is 24.9 Å². The quantitative estimate of drug-likeness (QED) is 0.535. The largest absolute Gasteiger partial charge is 0.369 e. The lowest BCUT2D eigenvalue weighted by molar-refractivity contribution is 0.306. The zero-order chi connectivity index (χ0) is 20.8. The predicted octanol–water partition coefficient (Wildman–Crippen LogP) is 2.51. The normalized spacial score (nSPS) is 18.3. The molecule has 3 rings (SSSR count). The van der Waals surface area contributed by atoms with Crippen LogP contribution in [-0.2, 0) is 7.05 Å². The minimum absolute atomic E-state index is 0.186. The molecular formula is C21H32ClN7. The Labute approximate surface area is 178 Å². The van der Waals surface area contributed by atoms with Gasteiger partial charge in [0.1, 0.15) is 0 Å². The molecule has 1 fully saturated rings. The van der Waals surface area contributed by atoms with Crippen molar-refractivity contribution in [1.82, 2.24) is 25.3 Å². The van der Waals surface area contributed by atoms with Crippen molar-refractivity contribution in [2.75, 3.05) is 45.2 Å². The van der Waals surface area contributed by atoms with Gasteiger partial charge >= 0.3 is 0 Å². The maximum atomic E-state index is 6.15. The lowest BCUT2D eigenvalue weighted by Gasteiger charge is -2.23.